The third-order valence-corrected chi connectivity index (χ3v) is 3.46. The maximum absolute atomic E-state index is 11.7. The van der Waals surface area contributed by atoms with Gasteiger partial charge in [0.2, 0.25) is 5.90 Å². The Balaban J connectivity index is 2.25. The summed E-state index contributed by atoms with van der Waals surface area (Å²) in [6, 6.07) is 7.89. The van der Waals surface area contributed by atoms with E-state index in [4.69, 9.17) is 4.74 Å². The summed E-state index contributed by atoms with van der Waals surface area (Å²) in [6.45, 7) is 4.15. The molecule has 0 aliphatic carbocycles. The topological polar surface area (TPSA) is 65.4 Å². The molecule has 1 unspecified atom stereocenters. The first-order valence-electron chi connectivity index (χ1n) is 6.79. The average Bonchev–Trinajstić information content (AvgIpc) is 2.77. The fourth-order valence-corrected chi connectivity index (χ4v) is 1.96. The number of rotatable bonds is 2. The van der Waals surface area contributed by atoms with Crippen molar-refractivity contribution in [3.05, 3.63) is 29.8 Å². The molecule has 0 saturated carbocycles. The van der Waals surface area contributed by atoms with E-state index >= 15 is 0 Å². The minimum absolute atomic E-state index is 0.144. The Hall–Kier alpha value is -2.08. The van der Waals surface area contributed by atoms with Gasteiger partial charge in [0, 0.05) is 14.1 Å². The van der Waals surface area contributed by atoms with Crippen LogP contribution in [0, 0.1) is 12.3 Å². The van der Waals surface area contributed by atoms with Gasteiger partial charge in [-0.05, 0) is 26.0 Å². The van der Waals surface area contributed by atoms with Crippen LogP contribution < -0.4 is 5.01 Å². The van der Waals surface area contributed by atoms with Crippen molar-refractivity contribution in [1.29, 1.82) is 0 Å². The van der Waals surface area contributed by atoms with Gasteiger partial charge in [0.15, 0.2) is 0 Å². The molecular formula is C15H21N3O3. The molecule has 1 aliphatic rings. The number of anilines is 1. The summed E-state index contributed by atoms with van der Waals surface area (Å²) in [5.74, 6) is 0.240. The molecule has 0 bridgehead atoms. The van der Waals surface area contributed by atoms with Crippen LogP contribution >= 0.6 is 0 Å². The van der Waals surface area contributed by atoms with E-state index in [0.717, 1.165) is 11.3 Å². The fourth-order valence-electron chi connectivity index (χ4n) is 1.96. The normalized spacial score (nSPS) is 21.2. The minimum Gasteiger partial charge on any atom is -0.395 e. The van der Waals surface area contributed by atoms with E-state index in [1.54, 1.807) is 19.1 Å². The predicted molar refractivity (Wildman–Crippen MR) is 81.3 cm³/mol. The lowest BCUT2D eigenvalue weighted by atomic mass is 9.92. The van der Waals surface area contributed by atoms with E-state index in [9.17, 15) is 9.90 Å². The van der Waals surface area contributed by atoms with E-state index in [1.807, 2.05) is 38.1 Å². The Morgan fingerprint density at radius 2 is 2.05 bits per heavy atom. The lowest BCUT2D eigenvalue weighted by Gasteiger charge is -2.23. The maximum atomic E-state index is 11.7. The fraction of sp³-hybridized carbons (Fsp3) is 0.467. The minimum atomic E-state index is -0.698. The molecule has 0 saturated heterocycles. The lowest BCUT2D eigenvalue weighted by molar-refractivity contribution is 0.149. The Morgan fingerprint density at radius 1 is 1.43 bits per heavy atom. The zero-order chi connectivity index (χ0) is 15.6. The van der Waals surface area contributed by atoms with E-state index in [2.05, 4.69) is 5.10 Å². The summed E-state index contributed by atoms with van der Waals surface area (Å²) in [7, 11) is 3.21. The van der Waals surface area contributed by atoms with Crippen LogP contribution in [0.4, 0.5) is 10.5 Å². The van der Waals surface area contributed by atoms with Gasteiger partial charge in [0.05, 0.1) is 24.3 Å². The number of nitrogens with zero attached hydrogens (tertiary/aromatic N) is 3. The lowest BCUT2D eigenvalue weighted by Crippen LogP contribution is -2.38. The van der Waals surface area contributed by atoms with E-state index in [0.29, 0.717) is 6.54 Å². The zero-order valence-electron chi connectivity index (χ0n) is 12.8. The van der Waals surface area contributed by atoms with Crippen molar-refractivity contribution in [3.63, 3.8) is 0 Å². The van der Waals surface area contributed by atoms with Crippen LogP contribution in [0.25, 0.3) is 0 Å². The second kappa shape index (κ2) is 5.73. The molecule has 1 amide bonds. The molecule has 6 heteroatoms. The number of hydrazone groups is 1. The largest absolute Gasteiger partial charge is 0.415 e. The molecule has 1 aromatic rings. The number of hydrogen-bond donors (Lipinski definition) is 1. The Labute approximate surface area is 124 Å². The number of amides is 1. The molecule has 1 N–H and O–H groups in total. The molecule has 0 radical (unpaired) electrons. The van der Waals surface area contributed by atoms with Gasteiger partial charge in [-0.3, -0.25) is 5.01 Å². The number of ether oxygens (including phenoxy) is 1. The summed E-state index contributed by atoms with van der Waals surface area (Å²) in [6.07, 6.45) is -0.501. The average molecular weight is 291 g/mol. The molecule has 1 heterocycles. The van der Waals surface area contributed by atoms with Crippen LogP contribution in [-0.4, -0.2) is 49.2 Å². The van der Waals surface area contributed by atoms with Crippen molar-refractivity contribution in [1.82, 2.24) is 4.90 Å². The number of carbonyl (C=O) groups is 1. The van der Waals surface area contributed by atoms with Gasteiger partial charge in [0.1, 0.15) is 0 Å². The van der Waals surface area contributed by atoms with Crippen molar-refractivity contribution >= 4 is 17.7 Å². The highest BCUT2D eigenvalue weighted by molar-refractivity contribution is 5.94. The highest BCUT2D eigenvalue weighted by Gasteiger charge is 2.42. The number of benzene rings is 1. The number of aliphatic hydroxyl groups is 1. The molecule has 1 atom stereocenters. The molecule has 2 rings (SSSR count). The van der Waals surface area contributed by atoms with Crippen LogP contribution in [0.15, 0.2) is 29.4 Å². The van der Waals surface area contributed by atoms with Crippen molar-refractivity contribution < 1.29 is 14.6 Å². The van der Waals surface area contributed by atoms with Crippen LogP contribution in [0.3, 0.4) is 0 Å². The highest BCUT2D eigenvalue weighted by Crippen LogP contribution is 2.31. The summed E-state index contributed by atoms with van der Waals surface area (Å²) in [5, 5.41) is 15.7. The third-order valence-electron chi connectivity index (χ3n) is 3.46. The number of hydrogen-bond acceptors (Lipinski definition) is 5. The first kappa shape index (κ1) is 15.3. The monoisotopic (exact) mass is 291 g/mol. The van der Waals surface area contributed by atoms with Gasteiger partial charge < -0.3 is 14.7 Å². The molecule has 1 aromatic carbocycles. The second-order valence-corrected chi connectivity index (χ2v) is 5.78. The molecule has 114 valence electrons. The van der Waals surface area contributed by atoms with Crippen molar-refractivity contribution in [3.8, 4) is 0 Å². The van der Waals surface area contributed by atoms with Gasteiger partial charge in [-0.15, -0.1) is 5.10 Å². The van der Waals surface area contributed by atoms with Crippen molar-refractivity contribution in [2.75, 3.05) is 32.3 Å². The number of aliphatic hydroxyl groups excluding tert-OH is 1. The standard InChI is InChI=1S/C15H21N3O3/c1-11-5-7-12(8-6-11)18-9-15(2,10-19)13(16-18)21-14(20)17(3)4/h5-8,19H,9-10H2,1-4H3. The smallest absolute Gasteiger partial charge is 0.395 e. The van der Waals surface area contributed by atoms with Crippen LogP contribution in [0.2, 0.25) is 0 Å². The quantitative estimate of drug-likeness (QED) is 0.902. The first-order valence-corrected chi connectivity index (χ1v) is 6.79. The Morgan fingerprint density at radius 3 is 2.57 bits per heavy atom. The molecule has 21 heavy (non-hydrogen) atoms. The van der Waals surface area contributed by atoms with E-state index < -0.39 is 11.5 Å². The van der Waals surface area contributed by atoms with Crippen molar-refractivity contribution in [2.24, 2.45) is 10.5 Å². The molecular weight excluding hydrogens is 270 g/mol. The predicted octanol–water partition coefficient (Wildman–Crippen LogP) is 1.83. The summed E-state index contributed by atoms with van der Waals surface area (Å²) < 4.78 is 5.29. The van der Waals surface area contributed by atoms with Crippen LogP contribution in [-0.2, 0) is 4.74 Å². The van der Waals surface area contributed by atoms with Gasteiger partial charge in [-0.25, -0.2) is 4.79 Å². The van der Waals surface area contributed by atoms with Gasteiger partial charge >= 0.3 is 6.09 Å². The summed E-state index contributed by atoms with van der Waals surface area (Å²) >= 11 is 0. The Kier molecular flexibility index (Phi) is 4.18. The van der Waals surface area contributed by atoms with Crippen LogP contribution in [0.5, 0.6) is 0 Å². The van der Waals surface area contributed by atoms with Gasteiger partial charge in [0.25, 0.3) is 0 Å². The number of carbonyl (C=O) groups excluding carboxylic acids is 1. The molecule has 0 spiro atoms. The molecule has 6 nitrogen and oxygen atoms in total. The summed E-state index contributed by atoms with van der Waals surface area (Å²) in [4.78, 5) is 13.0. The molecule has 0 fully saturated rings. The molecule has 0 aromatic heterocycles. The Bertz CT molecular complexity index is 554. The van der Waals surface area contributed by atoms with Gasteiger partial charge in [-0.1, -0.05) is 17.7 Å². The van der Waals surface area contributed by atoms with Gasteiger partial charge in [-0.2, -0.15) is 0 Å². The summed E-state index contributed by atoms with van der Waals surface area (Å²) in [5.41, 5.74) is 1.36. The zero-order valence-corrected chi connectivity index (χ0v) is 12.8. The maximum Gasteiger partial charge on any atom is 0.415 e. The molecule has 1 aliphatic heterocycles. The highest BCUT2D eigenvalue weighted by atomic mass is 16.6. The SMILES string of the molecule is Cc1ccc(N2CC(C)(CO)C(OC(=O)N(C)C)=N2)cc1. The third kappa shape index (κ3) is 3.16. The van der Waals surface area contributed by atoms with E-state index in [-0.39, 0.29) is 12.5 Å². The van der Waals surface area contributed by atoms with E-state index in [1.165, 1.54) is 4.90 Å². The number of aryl methyl sites for hydroxylation is 1. The van der Waals surface area contributed by atoms with Crippen molar-refractivity contribution in [2.45, 2.75) is 13.8 Å². The van der Waals surface area contributed by atoms with Crippen LogP contribution in [0.1, 0.15) is 12.5 Å². The second-order valence-electron chi connectivity index (χ2n) is 5.78. The first-order chi connectivity index (χ1) is 9.85.